The summed E-state index contributed by atoms with van der Waals surface area (Å²) >= 11 is 0. The number of rotatable bonds is 21. The van der Waals surface area contributed by atoms with Gasteiger partial charge >= 0.3 is 5.97 Å². The summed E-state index contributed by atoms with van der Waals surface area (Å²) in [5.74, 6) is -4.83. The molecule has 17 heteroatoms. The molecule has 0 aliphatic rings. The number of nitrogens with two attached hydrogens (primary N) is 3. The smallest absolute Gasteiger partial charge is 0.326 e. The first-order valence-electron chi connectivity index (χ1n) is 16.9. The molecule has 0 aromatic heterocycles. The van der Waals surface area contributed by atoms with Crippen LogP contribution >= 0.6 is 0 Å². The van der Waals surface area contributed by atoms with E-state index >= 15 is 0 Å². The van der Waals surface area contributed by atoms with Crippen molar-refractivity contribution in [2.75, 3.05) is 13.1 Å². The Labute approximate surface area is 302 Å². The molecule has 0 fully saturated rings. The van der Waals surface area contributed by atoms with Gasteiger partial charge in [-0.25, -0.2) is 4.79 Å². The number of phenolic OH excluding ortho intramolecular Hbond substituents is 1. The highest BCUT2D eigenvalue weighted by Gasteiger charge is 2.30. The first-order valence-corrected chi connectivity index (χ1v) is 16.9. The SMILES string of the molecule is CC(C)C[C@H](NC(=O)[C@H](Cc1ccccc1)NC(=O)CNC(=O)[C@H](C)NC(=O)[C@@H](N)Cc1ccc(O)cc1)C(=O)N[C@@H](CCCN=C(N)N)C(=O)O. The molecular weight excluding hydrogens is 674 g/mol. The molecule has 2 rings (SSSR count). The van der Waals surface area contributed by atoms with Crippen molar-refractivity contribution in [3.8, 4) is 5.75 Å². The molecule has 13 N–H and O–H groups in total. The molecule has 0 saturated carbocycles. The van der Waals surface area contributed by atoms with Gasteiger partial charge in [0.05, 0.1) is 12.6 Å². The predicted molar refractivity (Wildman–Crippen MR) is 193 cm³/mol. The van der Waals surface area contributed by atoms with E-state index in [9.17, 15) is 39.0 Å². The van der Waals surface area contributed by atoms with Crippen molar-refractivity contribution in [2.45, 2.75) is 83.1 Å². The third kappa shape index (κ3) is 15.9. The number of benzene rings is 2. The third-order valence-corrected chi connectivity index (χ3v) is 7.74. The van der Waals surface area contributed by atoms with Crippen LogP contribution < -0.4 is 43.8 Å². The van der Waals surface area contributed by atoms with Crippen LogP contribution in [0, 0.1) is 5.92 Å². The number of amides is 5. The molecule has 5 amide bonds. The fraction of sp³-hybridized carbons (Fsp3) is 0.457. The largest absolute Gasteiger partial charge is 0.508 e. The highest BCUT2D eigenvalue weighted by atomic mass is 16.4. The Morgan fingerprint density at radius 1 is 0.731 bits per heavy atom. The van der Waals surface area contributed by atoms with Gasteiger partial charge in [0, 0.05) is 13.0 Å². The minimum atomic E-state index is -1.27. The maximum atomic E-state index is 13.6. The van der Waals surface area contributed by atoms with E-state index in [1.165, 1.54) is 19.1 Å². The Morgan fingerprint density at radius 2 is 1.33 bits per heavy atom. The lowest BCUT2D eigenvalue weighted by molar-refractivity contribution is -0.142. The molecule has 52 heavy (non-hydrogen) atoms. The molecule has 0 saturated heterocycles. The number of aliphatic imine (C=N–C) groups is 1. The Morgan fingerprint density at radius 3 is 1.92 bits per heavy atom. The molecule has 0 aliphatic carbocycles. The summed E-state index contributed by atoms with van der Waals surface area (Å²) in [4.78, 5) is 80.9. The van der Waals surface area contributed by atoms with Gasteiger partial charge in [-0.05, 0) is 61.8 Å². The van der Waals surface area contributed by atoms with Gasteiger partial charge in [-0.3, -0.25) is 29.0 Å². The monoisotopic (exact) mass is 725 g/mol. The molecular formula is C35H51N9O8. The number of nitrogens with one attached hydrogen (secondary N) is 5. The summed E-state index contributed by atoms with van der Waals surface area (Å²) in [5.41, 5.74) is 18.0. The maximum absolute atomic E-state index is 13.6. The van der Waals surface area contributed by atoms with Crippen molar-refractivity contribution in [2.24, 2.45) is 28.1 Å². The number of aliphatic carboxylic acids is 1. The summed E-state index contributed by atoms with van der Waals surface area (Å²) in [6.07, 6.45) is 0.679. The van der Waals surface area contributed by atoms with E-state index in [0.717, 1.165) is 0 Å². The second-order valence-corrected chi connectivity index (χ2v) is 12.8. The normalized spacial score (nSPS) is 13.7. The van der Waals surface area contributed by atoms with Crippen molar-refractivity contribution >= 4 is 41.5 Å². The lowest BCUT2D eigenvalue weighted by Gasteiger charge is -2.26. The van der Waals surface area contributed by atoms with E-state index in [1.54, 1.807) is 42.5 Å². The summed E-state index contributed by atoms with van der Waals surface area (Å²) in [5, 5.41) is 31.8. The van der Waals surface area contributed by atoms with Crippen molar-refractivity contribution in [3.63, 3.8) is 0 Å². The number of nitrogens with zero attached hydrogens (tertiary/aromatic N) is 1. The molecule has 2 aromatic carbocycles. The number of guanidine groups is 1. The average molecular weight is 726 g/mol. The number of carboxylic acid groups (broad SMARTS) is 1. The van der Waals surface area contributed by atoms with Crippen LogP contribution in [0.25, 0.3) is 0 Å². The number of hydrogen-bond acceptors (Lipinski definition) is 9. The van der Waals surface area contributed by atoms with E-state index in [1.807, 2.05) is 13.8 Å². The van der Waals surface area contributed by atoms with Gasteiger partial charge in [0.15, 0.2) is 5.96 Å². The summed E-state index contributed by atoms with van der Waals surface area (Å²) in [7, 11) is 0. The second-order valence-electron chi connectivity index (χ2n) is 12.8. The molecule has 0 unspecified atom stereocenters. The van der Waals surface area contributed by atoms with Gasteiger partial charge in [0.1, 0.15) is 29.9 Å². The number of aromatic hydroxyl groups is 1. The van der Waals surface area contributed by atoms with Crippen molar-refractivity contribution < 1.29 is 39.0 Å². The molecule has 17 nitrogen and oxygen atoms in total. The van der Waals surface area contributed by atoms with E-state index in [0.29, 0.717) is 11.1 Å². The highest BCUT2D eigenvalue weighted by Crippen LogP contribution is 2.12. The van der Waals surface area contributed by atoms with Gasteiger partial charge in [-0.2, -0.15) is 0 Å². The van der Waals surface area contributed by atoms with Gasteiger partial charge in [-0.1, -0.05) is 56.3 Å². The predicted octanol–water partition coefficient (Wildman–Crippen LogP) is -1.24. The topological polar surface area (TPSA) is 293 Å². The van der Waals surface area contributed by atoms with E-state index in [2.05, 4.69) is 31.6 Å². The summed E-state index contributed by atoms with van der Waals surface area (Å²) in [6.45, 7) is 4.71. The van der Waals surface area contributed by atoms with Gasteiger partial charge in [-0.15, -0.1) is 0 Å². The molecule has 5 atom stereocenters. The lowest BCUT2D eigenvalue weighted by Crippen LogP contribution is -2.57. The number of phenols is 1. The van der Waals surface area contributed by atoms with Crippen LogP contribution in [-0.2, 0) is 41.6 Å². The first-order chi connectivity index (χ1) is 24.5. The molecule has 2 aromatic rings. The van der Waals surface area contributed by atoms with Gasteiger partial charge in [0.25, 0.3) is 0 Å². The number of hydrogen-bond donors (Lipinski definition) is 10. The van der Waals surface area contributed by atoms with Gasteiger partial charge in [0.2, 0.25) is 29.5 Å². The minimum Gasteiger partial charge on any atom is -0.508 e. The Hall–Kier alpha value is -5.71. The van der Waals surface area contributed by atoms with Crippen molar-refractivity contribution in [1.29, 1.82) is 0 Å². The second kappa shape index (κ2) is 21.5. The van der Waals surface area contributed by atoms with Crippen LogP contribution in [0.3, 0.4) is 0 Å². The minimum absolute atomic E-state index is 0.0352. The first kappa shape index (κ1) is 42.5. The highest BCUT2D eigenvalue weighted by molar-refractivity contribution is 5.95. The van der Waals surface area contributed by atoms with Crippen LogP contribution in [0.1, 0.15) is 51.2 Å². The zero-order valence-electron chi connectivity index (χ0n) is 29.6. The quantitative estimate of drug-likeness (QED) is 0.0413. The molecule has 0 heterocycles. The van der Waals surface area contributed by atoms with Crippen molar-refractivity contribution in [3.05, 3.63) is 65.7 Å². The summed E-state index contributed by atoms with van der Waals surface area (Å²) < 4.78 is 0. The molecule has 0 bridgehead atoms. The molecule has 284 valence electrons. The van der Waals surface area contributed by atoms with E-state index in [4.69, 9.17) is 17.2 Å². The summed E-state index contributed by atoms with van der Waals surface area (Å²) in [6, 6.07) is 9.37. The Bertz CT molecular complexity index is 1530. The van der Waals surface area contributed by atoms with Crippen molar-refractivity contribution in [1.82, 2.24) is 26.6 Å². The van der Waals surface area contributed by atoms with Crippen LogP contribution in [0.2, 0.25) is 0 Å². The number of carbonyl (C=O) groups excluding carboxylic acids is 5. The maximum Gasteiger partial charge on any atom is 0.326 e. The molecule has 0 radical (unpaired) electrons. The fourth-order valence-corrected chi connectivity index (χ4v) is 5.00. The molecule has 0 spiro atoms. The van der Waals surface area contributed by atoms with Crippen LogP contribution in [0.5, 0.6) is 5.75 Å². The Balaban J connectivity index is 2.06. The Kier molecular flexibility index (Phi) is 17.5. The van der Waals surface area contributed by atoms with E-state index < -0.39 is 72.3 Å². The number of carbonyl (C=O) groups is 6. The number of carboxylic acids is 1. The van der Waals surface area contributed by atoms with Crippen LogP contribution in [0.4, 0.5) is 0 Å². The average Bonchev–Trinajstić information content (AvgIpc) is 3.08. The van der Waals surface area contributed by atoms with Crippen LogP contribution in [-0.4, -0.2) is 95.0 Å². The third-order valence-electron chi connectivity index (χ3n) is 7.74. The lowest BCUT2D eigenvalue weighted by atomic mass is 10.0. The van der Waals surface area contributed by atoms with Crippen LogP contribution in [0.15, 0.2) is 59.6 Å². The van der Waals surface area contributed by atoms with E-state index in [-0.39, 0.29) is 56.3 Å². The standard InChI is InChI=1S/C35H51N9O8/c1-20(2)16-27(32(49)43-26(34(51)52)10-7-15-39-35(37)38)44-33(50)28(18-22-8-5-4-6-9-22)42-29(46)19-40-30(47)21(3)41-31(48)25(36)17-23-11-13-24(45)14-12-23/h4-6,8-9,11-14,20-21,25-28,45H,7,10,15-19,36H2,1-3H3,(H,40,47)(H,41,48)(H,42,46)(H,43,49)(H,44,50)(H,51,52)(H4,37,38,39)/t21-,25-,26-,27-,28-/m0/s1. The molecule has 0 aliphatic heterocycles. The zero-order valence-corrected chi connectivity index (χ0v) is 29.6. The zero-order chi connectivity index (χ0) is 38.8. The van der Waals surface area contributed by atoms with Gasteiger partial charge < -0.3 is 54.0 Å². The fourth-order valence-electron chi connectivity index (χ4n) is 5.00.